The van der Waals surface area contributed by atoms with Crippen molar-refractivity contribution in [3.63, 3.8) is 0 Å². The van der Waals surface area contributed by atoms with E-state index in [0.29, 0.717) is 0 Å². The number of likely N-dealkylation sites (tertiary alicyclic amines) is 1. The van der Waals surface area contributed by atoms with Crippen LogP contribution in [0.15, 0.2) is 48.5 Å². The molecule has 0 spiro atoms. The first-order chi connectivity index (χ1) is 11.1. The quantitative estimate of drug-likeness (QED) is 0.736. The van der Waals surface area contributed by atoms with Crippen molar-refractivity contribution < 1.29 is 9.50 Å². The second kappa shape index (κ2) is 7.73. The summed E-state index contributed by atoms with van der Waals surface area (Å²) in [6.07, 6.45) is 1.46. The Hall–Kier alpha value is -0.980. The maximum absolute atomic E-state index is 13.0. The molecule has 1 N–H and O–H groups in total. The Morgan fingerprint density at radius 1 is 1.04 bits per heavy atom. The largest absolute Gasteiger partial charge is 0.388 e. The van der Waals surface area contributed by atoms with E-state index < -0.39 is 6.10 Å². The Morgan fingerprint density at radius 2 is 1.65 bits per heavy atom. The fourth-order valence-corrected chi connectivity index (χ4v) is 3.57. The van der Waals surface area contributed by atoms with E-state index in [4.69, 9.17) is 0 Å². The second-order valence-corrected chi connectivity index (χ2v) is 7.48. The van der Waals surface area contributed by atoms with Crippen LogP contribution in [-0.2, 0) is 6.54 Å². The van der Waals surface area contributed by atoms with Crippen LogP contribution in [0.2, 0.25) is 0 Å². The molecule has 0 bridgehead atoms. The molecule has 1 saturated heterocycles. The van der Waals surface area contributed by atoms with Gasteiger partial charge in [-0.3, -0.25) is 4.90 Å². The number of rotatable bonds is 4. The summed E-state index contributed by atoms with van der Waals surface area (Å²) in [6.45, 7) is 2.96. The summed E-state index contributed by atoms with van der Waals surface area (Å²) in [6, 6.07) is 14.9. The Kier molecular flexibility index (Phi) is 5.67. The van der Waals surface area contributed by atoms with E-state index in [0.717, 1.165) is 38.0 Å². The highest BCUT2D eigenvalue weighted by Crippen LogP contribution is 2.31. The number of aliphatic hydroxyl groups excluding tert-OH is 1. The third kappa shape index (κ3) is 4.52. The summed E-state index contributed by atoms with van der Waals surface area (Å²) >= 11 is 2.32. The standard InChI is InChI=1S/C19H21FINO/c20-17-5-3-15(4-6-17)19(23)16-9-11-22(12-10-16)13-14-1-7-18(21)8-2-14/h1-8,16,19,23H,9-13H2/t19-/m1/s1. The molecule has 0 aliphatic carbocycles. The van der Waals surface area contributed by atoms with Crippen molar-refractivity contribution in [2.24, 2.45) is 5.92 Å². The van der Waals surface area contributed by atoms with E-state index in [2.05, 4.69) is 51.8 Å². The molecule has 2 aromatic rings. The molecule has 2 nitrogen and oxygen atoms in total. The number of halogens is 2. The van der Waals surface area contributed by atoms with Gasteiger partial charge >= 0.3 is 0 Å². The average molecular weight is 425 g/mol. The third-order valence-electron chi connectivity index (χ3n) is 4.61. The molecule has 122 valence electrons. The molecular formula is C19H21FINO. The van der Waals surface area contributed by atoms with Crippen LogP contribution < -0.4 is 0 Å². The summed E-state index contributed by atoms with van der Waals surface area (Å²) in [5, 5.41) is 10.5. The topological polar surface area (TPSA) is 23.5 Å². The molecule has 0 aromatic heterocycles. The minimum Gasteiger partial charge on any atom is -0.388 e. The number of piperidine rings is 1. The SMILES string of the molecule is O[C@H](c1ccc(F)cc1)C1CCN(Cc2ccc(I)cc2)CC1. The Labute approximate surface area is 150 Å². The van der Waals surface area contributed by atoms with Gasteiger partial charge in [-0.05, 0) is 89.8 Å². The van der Waals surface area contributed by atoms with E-state index in [9.17, 15) is 9.50 Å². The summed E-state index contributed by atoms with van der Waals surface area (Å²) in [5.74, 6) is 0.00160. The molecule has 0 radical (unpaired) electrons. The van der Waals surface area contributed by atoms with E-state index >= 15 is 0 Å². The Bertz CT molecular complexity index is 621. The zero-order valence-corrected chi connectivity index (χ0v) is 15.1. The first kappa shape index (κ1) is 16.9. The molecule has 1 aliphatic heterocycles. The maximum atomic E-state index is 13.0. The fourth-order valence-electron chi connectivity index (χ4n) is 3.21. The van der Waals surface area contributed by atoms with Crippen molar-refractivity contribution in [1.82, 2.24) is 4.90 Å². The van der Waals surface area contributed by atoms with Crippen LogP contribution >= 0.6 is 22.6 Å². The molecule has 1 aliphatic rings. The zero-order chi connectivity index (χ0) is 16.2. The van der Waals surface area contributed by atoms with Crippen molar-refractivity contribution in [3.8, 4) is 0 Å². The van der Waals surface area contributed by atoms with Crippen LogP contribution in [0.5, 0.6) is 0 Å². The highest BCUT2D eigenvalue weighted by atomic mass is 127. The lowest BCUT2D eigenvalue weighted by molar-refractivity contribution is 0.0567. The van der Waals surface area contributed by atoms with Crippen molar-refractivity contribution in [3.05, 3.63) is 69.0 Å². The van der Waals surface area contributed by atoms with E-state index in [1.54, 1.807) is 12.1 Å². The summed E-state index contributed by atoms with van der Waals surface area (Å²) in [7, 11) is 0. The third-order valence-corrected chi connectivity index (χ3v) is 5.33. The summed E-state index contributed by atoms with van der Waals surface area (Å²) in [4.78, 5) is 2.44. The van der Waals surface area contributed by atoms with E-state index in [-0.39, 0.29) is 11.7 Å². The van der Waals surface area contributed by atoms with Crippen molar-refractivity contribution in [2.45, 2.75) is 25.5 Å². The van der Waals surface area contributed by atoms with Crippen molar-refractivity contribution in [1.29, 1.82) is 0 Å². The zero-order valence-electron chi connectivity index (χ0n) is 13.0. The molecule has 23 heavy (non-hydrogen) atoms. The first-order valence-electron chi connectivity index (χ1n) is 8.02. The van der Waals surface area contributed by atoms with Gasteiger partial charge in [0.25, 0.3) is 0 Å². The lowest BCUT2D eigenvalue weighted by Crippen LogP contribution is -2.35. The van der Waals surface area contributed by atoms with Crippen molar-refractivity contribution >= 4 is 22.6 Å². The molecule has 0 saturated carbocycles. The highest BCUT2D eigenvalue weighted by Gasteiger charge is 2.26. The van der Waals surface area contributed by atoms with Crippen LogP contribution in [0.4, 0.5) is 4.39 Å². The fraction of sp³-hybridized carbons (Fsp3) is 0.368. The maximum Gasteiger partial charge on any atom is 0.123 e. The van der Waals surface area contributed by atoms with Gasteiger partial charge < -0.3 is 5.11 Å². The number of nitrogens with zero attached hydrogens (tertiary/aromatic N) is 1. The molecular weight excluding hydrogens is 404 g/mol. The second-order valence-electron chi connectivity index (χ2n) is 6.24. The highest BCUT2D eigenvalue weighted by molar-refractivity contribution is 14.1. The number of aliphatic hydroxyl groups is 1. The van der Waals surface area contributed by atoms with Gasteiger partial charge in [0.1, 0.15) is 5.82 Å². The number of hydrogen-bond acceptors (Lipinski definition) is 2. The molecule has 0 amide bonds. The van der Waals surface area contributed by atoms with Crippen LogP contribution in [0.1, 0.15) is 30.1 Å². The minimum atomic E-state index is -0.490. The molecule has 3 rings (SSSR count). The summed E-state index contributed by atoms with van der Waals surface area (Å²) in [5.41, 5.74) is 2.16. The molecule has 1 fully saturated rings. The van der Waals surface area contributed by atoms with Gasteiger partial charge in [-0.2, -0.15) is 0 Å². The lowest BCUT2D eigenvalue weighted by atomic mass is 9.87. The summed E-state index contributed by atoms with van der Waals surface area (Å²) < 4.78 is 14.2. The molecule has 1 heterocycles. The van der Waals surface area contributed by atoms with Gasteiger partial charge in [-0.15, -0.1) is 0 Å². The van der Waals surface area contributed by atoms with Gasteiger partial charge in [0.05, 0.1) is 6.10 Å². The average Bonchev–Trinajstić information content (AvgIpc) is 2.58. The normalized spacial score (nSPS) is 18.0. The van der Waals surface area contributed by atoms with Gasteiger partial charge in [-0.1, -0.05) is 24.3 Å². The molecule has 0 unspecified atom stereocenters. The number of hydrogen-bond donors (Lipinski definition) is 1. The lowest BCUT2D eigenvalue weighted by Gasteiger charge is -2.34. The van der Waals surface area contributed by atoms with Crippen LogP contribution in [0.25, 0.3) is 0 Å². The molecule has 4 heteroatoms. The van der Waals surface area contributed by atoms with Crippen LogP contribution in [0.3, 0.4) is 0 Å². The minimum absolute atomic E-state index is 0.256. The number of benzene rings is 2. The predicted octanol–water partition coefficient (Wildman–Crippen LogP) is 4.38. The predicted molar refractivity (Wildman–Crippen MR) is 98.5 cm³/mol. The van der Waals surface area contributed by atoms with Gasteiger partial charge in [-0.25, -0.2) is 4.39 Å². The van der Waals surface area contributed by atoms with E-state index in [1.165, 1.54) is 21.3 Å². The van der Waals surface area contributed by atoms with Gasteiger partial charge in [0.15, 0.2) is 0 Å². The van der Waals surface area contributed by atoms with Gasteiger partial charge in [0.2, 0.25) is 0 Å². The monoisotopic (exact) mass is 425 g/mol. The molecule has 1 atom stereocenters. The Balaban J connectivity index is 1.53. The Morgan fingerprint density at radius 3 is 2.26 bits per heavy atom. The molecule has 2 aromatic carbocycles. The van der Waals surface area contributed by atoms with Gasteiger partial charge in [0, 0.05) is 10.1 Å². The first-order valence-corrected chi connectivity index (χ1v) is 9.10. The van der Waals surface area contributed by atoms with Crippen molar-refractivity contribution in [2.75, 3.05) is 13.1 Å². The van der Waals surface area contributed by atoms with Crippen LogP contribution in [0, 0.1) is 15.3 Å². The smallest absolute Gasteiger partial charge is 0.123 e. The van der Waals surface area contributed by atoms with E-state index in [1.807, 2.05) is 0 Å². The van der Waals surface area contributed by atoms with Crippen LogP contribution in [-0.4, -0.2) is 23.1 Å².